The Kier molecular flexibility index (Phi) is 8.66. The Hall–Kier alpha value is -0.270. The fraction of sp³-hybridized carbons (Fsp3) is 0.769. The van der Waals surface area contributed by atoms with Crippen LogP contribution in [0.4, 0.5) is 0 Å². The Balaban J connectivity index is 2.46. The van der Waals surface area contributed by atoms with Crippen LogP contribution in [0.25, 0.3) is 0 Å². The molecule has 1 rings (SSSR count). The highest BCUT2D eigenvalue weighted by molar-refractivity contribution is 7.61. The van der Waals surface area contributed by atoms with Crippen molar-refractivity contribution < 1.29 is 22.9 Å². The van der Waals surface area contributed by atoms with Gasteiger partial charge in [0, 0.05) is 19.8 Å². The van der Waals surface area contributed by atoms with Gasteiger partial charge < -0.3 is 18.3 Å². The van der Waals surface area contributed by atoms with Crippen molar-refractivity contribution in [2.75, 3.05) is 33.2 Å². The van der Waals surface area contributed by atoms with E-state index in [4.69, 9.17) is 23.6 Å². The Labute approximate surface area is 127 Å². The van der Waals surface area contributed by atoms with Crippen molar-refractivity contribution in [2.45, 2.75) is 32.0 Å². The van der Waals surface area contributed by atoms with Crippen LogP contribution in [0.2, 0.25) is 0 Å². The molecule has 1 fully saturated rings. The summed E-state index contributed by atoms with van der Waals surface area (Å²) in [5.41, 5.74) is 0. The van der Waals surface area contributed by atoms with E-state index in [1.54, 1.807) is 18.6 Å². The molecule has 0 saturated carbocycles. The molecule has 6 nitrogen and oxygen atoms in total. The summed E-state index contributed by atoms with van der Waals surface area (Å²) < 4.78 is 34.0. The lowest BCUT2D eigenvalue weighted by Gasteiger charge is -2.20. The zero-order chi connectivity index (χ0) is 15.7. The van der Waals surface area contributed by atoms with Crippen molar-refractivity contribution in [2.24, 2.45) is 0 Å². The van der Waals surface area contributed by atoms with Crippen LogP contribution in [-0.2, 0) is 22.9 Å². The van der Waals surface area contributed by atoms with Gasteiger partial charge in [-0.05, 0) is 18.8 Å². The Morgan fingerprint density at radius 1 is 1.57 bits per heavy atom. The standard InChI is InChI=1S/C13H23NO5P2/c1-4-18-21(3,15)11-7-12-13(6-10-16-12)19-20(2)17-9-5-8-14/h7,11-13H,4-6,9-10H2,1-3H3/b11-7+/t12-,13?,20?,21?/m1/s1. The lowest BCUT2D eigenvalue weighted by Crippen LogP contribution is -2.20. The molecular weight excluding hydrogens is 312 g/mol. The van der Waals surface area contributed by atoms with E-state index in [-0.39, 0.29) is 12.2 Å². The Bertz CT molecular complexity index is 423. The molecule has 21 heavy (non-hydrogen) atoms. The summed E-state index contributed by atoms with van der Waals surface area (Å²) in [4.78, 5) is 0. The van der Waals surface area contributed by atoms with E-state index in [2.05, 4.69) is 0 Å². The first-order chi connectivity index (χ1) is 9.98. The average molecular weight is 335 g/mol. The van der Waals surface area contributed by atoms with Crippen LogP contribution in [-0.4, -0.2) is 45.4 Å². The first kappa shape index (κ1) is 18.8. The van der Waals surface area contributed by atoms with Crippen molar-refractivity contribution in [3.05, 3.63) is 11.9 Å². The Morgan fingerprint density at radius 3 is 3.00 bits per heavy atom. The van der Waals surface area contributed by atoms with Gasteiger partial charge in [0.1, 0.15) is 6.10 Å². The molecule has 0 spiro atoms. The van der Waals surface area contributed by atoms with Gasteiger partial charge in [0.05, 0.1) is 38.4 Å². The molecule has 1 aliphatic heterocycles. The lowest BCUT2D eigenvalue weighted by molar-refractivity contribution is 0.0849. The highest BCUT2D eigenvalue weighted by Crippen LogP contribution is 2.45. The second kappa shape index (κ2) is 9.69. The van der Waals surface area contributed by atoms with Crippen molar-refractivity contribution in [3.63, 3.8) is 0 Å². The van der Waals surface area contributed by atoms with Crippen LogP contribution in [0, 0.1) is 11.3 Å². The number of nitriles is 1. The maximum atomic E-state index is 12.0. The van der Waals surface area contributed by atoms with Gasteiger partial charge in [0.2, 0.25) is 7.37 Å². The number of hydrogen-bond acceptors (Lipinski definition) is 6. The van der Waals surface area contributed by atoms with Crippen LogP contribution in [0.15, 0.2) is 11.9 Å². The third kappa shape index (κ3) is 7.51. The van der Waals surface area contributed by atoms with E-state index in [1.165, 1.54) is 0 Å². The molecule has 0 N–H and O–H groups in total. The molecule has 8 heteroatoms. The van der Waals surface area contributed by atoms with Gasteiger partial charge in [-0.3, -0.25) is 4.57 Å². The predicted molar refractivity (Wildman–Crippen MR) is 82.6 cm³/mol. The number of rotatable bonds is 9. The number of nitrogens with zero attached hydrogens (tertiary/aromatic N) is 1. The first-order valence-corrected chi connectivity index (χ1v) is 10.7. The monoisotopic (exact) mass is 335 g/mol. The summed E-state index contributed by atoms with van der Waals surface area (Å²) >= 11 is 0. The summed E-state index contributed by atoms with van der Waals surface area (Å²) in [5.74, 6) is 1.58. The number of hydrogen-bond donors (Lipinski definition) is 0. The van der Waals surface area contributed by atoms with Crippen molar-refractivity contribution in [1.82, 2.24) is 0 Å². The molecule has 0 amide bonds. The quantitative estimate of drug-likeness (QED) is 0.474. The van der Waals surface area contributed by atoms with E-state index in [1.807, 2.05) is 19.7 Å². The third-order valence-corrected chi connectivity index (χ3v) is 5.38. The molecule has 0 aromatic heterocycles. The van der Waals surface area contributed by atoms with Crippen LogP contribution < -0.4 is 0 Å². The second-order valence-corrected chi connectivity index (χ2v) is 8.34. The van der Waals surface area contributed by atoms with E-state index in [0.717, 1.165) is 6.42 Å². The molecule has 0 aliphatic carbocycles. The molecular formula is C13H23NO5P2. The largest absolute Gasteiger partial charge is 0.371 e. The lowest BCUT2D eigenvalue weighted by atomic mass is 10.2. The smallest absolute Gasteiger partial charge is 0.221 e. The minimum Gasteiger partial charge on any atom is -0.371 e. The van der Waals surface area contributed by atoms with Crippen LogP contribution >= 0.6 is 15.7 Å². The van der Waals surface area contributed by atoms with E-state index in [0.29, 0.717) is 26.2 Å². The zero-order valence-corrected chi connectivity index (χ0v) is 14.5. The zero-order valence-electron chi connectivity index (χ0n) is 12.7. The minimum atomic E-state index is -2.71. The molecule has 3 unspecified atom stereocenters. The van der Waals surface area contributed by atoms with Crippen LogP contribution in [0.1, 0.15) is 19.8 Å². The topological polar surface area (TPSA) is 77.8 Å². The van der Waals surface area contributed by atoms with Crippen molar-refractivity contribution in [3.8, 4) is 6.07 Å². The summed E-state index contributed by atoms with van der Waals surface area (Å²) in [7, 11) is -3.75. The normalized spacial score (nSPS) is 26.6. The van der Waals surface area contributed by atoms with Gasteiger partial charge in [0.25, 0.3) is 0 Å². The number of ether oxygens (including phenoxy) is 1. The summed E-state index contributed by atoms with van der Waals surface area (Å²) in [5, 5.41) is 8.46. The van der Waals surface area contributed by atoms with E-state index >= 15 is 0 Å². The highest BCUT2D eigenvalue weighted by atomic mass is 31.2. The SMILES string of the molecule is CCOP(C)(=O)/C=C/[C@H]1OCCC1OP(C)OCCC#N. The van der Waals surface area contributed by atoms with Gasteiger partial charge in [-0.1, -0.05) is 0 Å². The van der Waals surface area contributed by atoms with Crippen molar-refractivity contribution in [1.29, 1.82) is 5.26 Å². The summed E-state index contributed by atoms with van der Waals surface area (Å²) in [6.45, 7) is 6.64. The van der Waals surface area contributed by atoms with Crippen molar-refractivity contribution >= 4 is 15.7 Å². The molecule has 0 bridgehead atoms. The van der Waals surface area contributed by atoms with E-state index < -0.39 is 15.7 Å². The second-order valence-electron chi connectivity index (χ2n) is 4.62. The average Bonchev–Trinajstić information content (AvgIpc) is 2.84. The third-order valence-electron chi connectivity index (χ3n) is 2.78. The first-order valence-electron chi connectivity index (χ1n) is 6.91. The van der Waals surface area contributed by atoms with Gasteiger partial charge in [0.15, 0.2) is 8.38 Å². The molecule has 0 aromatic carbocycles. The highest BCUT2D eigenvalue weighted by Gasteiger charge is 2.29. The summed E-state index contributed by atoms with van der Waals surface area (Å²) in [6, 6.07) is 2.02. The molecule has 4 atom stereocenters. The van der Waals surface area contributed by atoms with Gasteiger partial charge in [-0.25, -0.2) is 0 Å². The molecule has 1 aliphatic rings. The summed E-state index contributed by atoms with van der Waals surface area (Å²) in [6.07, 6.45) is 2.54. The molecule has 0 radical (unpaired) electrons. The molecule has 0 aromatic rings. The van der Waals surface area contributed by atoms with Crippen LogP contribution in [0.5, 0.6) is 0 Å². The van der Waals surface area contributed by atoms with Gasteiger partial charge in [-0.15, -0.1) is 0 Å². The fourth-order valence-corrected chi connectivity index (χ4v) is 3.96. The van der Waals surface area contributed by atoms with Gasteiger partial charge >= 0.3 is 0 Å². The fourth-order valence-electron chi connectivity index (χ4n) is 1.87. The predicted octanol–water partition coefficient (Wildman–Crippen LogP) is 3.49. The maximum Gasteiger partial charge on any atom is 0.221 e. The molecule has 1 saturated heterocycles. The van der Waals surface area contributed by atoms with Crippen LogP contribution in [0.3, 0.4) is 0 Å². The van der Waals surface area contributed by atoms with E-state index in [9.17, 15) is 4.57 Å². The Morgan fingerprint density at radius 2 is 2.33 bits per heavy atom. The minimum absolute atomic E-state index is 0.110. The van der Waals surface area contributed by atoms with Gasteiger partial charge in [-0.2, -0.15) is 5.26 Å². The molecule has 1 heterocycles. The maximum absolute atomic E-state index is 12.0. The molecule has 120 valence electrons.